The van der Waals surface area contributed by atoms with Crippen LogP contribution in [0.3, 0.4) is 0 Å². The summed E-state index contributed by atoms with van der Waals surface area (Å²) in [7, 11) is 1.93. The number of nitrogens with one attached hydrogen (secondary N) is 3. The van der Waals surface area contributed by atoms with Crippen LogP contribution in [0.15, 0.2) is 45.7 Å². The molecule has 0 radical (unpaired) electrons. The molecular formula is C16H16BrN3O. The normalized spacial score (nSPS) is 12.7. The van der Waals surface area contributed by atoms with E-state index in [0.717, 1.165) is 21.1 Å². The van der Waals surface area contributed by atoms with Gasteiger partial charge in [-0.05, 0) is 48.9 Å². The SMILES string of the molecule is CNC(c1ccc2[nH]c(=O)[nH]c2c1)c1ccc(C)cc1Br. The second kappa shape index (κ2) is 5.50. The molecule has 3 rings (SSSR count). The Bertz CT molecular complexity index is 850. The van der Waals surface area contributed by atoms with E-state index >= 15 is 0 Å². The van der Waals surface area contributed by atoms with Crippen molar-refractivity contribution >= 4 is 27.0 Å². The second-order valence-corrected chi connectivity index (χ2v) is 5.99. The quantitative estimate of drug-likeness (QED) is 0.682. The smallest absolute Gasteiger partial charge is 0.309 e. The largest absolute Gasteiger partial charge is 0.323 e. The minimum Gasteiger partial charge on any atom is -0.309 e. The van der Waals surface area contributed by atoms with Crippen LogP contribution in [-0.2, 0) is 0 Å². The summed E-state index contributed by atoms with van der Waals surface area (Å²) in [4.78, 5) is 16.9. The van der Waals surface area contributed by atoms with Crippen LogP contribution in [0.25, 0.3) is 11.0 Å². The highest BCUT2D eigenvalue weighted by Crippen LogP contribution is 2.30. The molecule has 0 saturated carbocycles. The molecule has 0 spiro atoms. The van der Waals surface area contributed by atoms with Crippen molar-refractivity contribution in [1.82, 2.24) is 15.3 Å². The standard InChI is InChI=1S/C16H16BrN3O/c1-9-3-5-11(12(17)7-9)15(18-2)10-4-6-13-14(8-10)20-16(21)19-13/h3-8,15,18H,1-2H3,(H2,19,20,21). The first kappa shape index (κ1) is 14.1. The summed E-state index contributed by atoms with van der Waals surface area (Å²) >= 11 is 3.64. The van der Waals surface area contributed by atoms with Gasteiger partial charge in [0.2, 0.25) is 0 Å². The number of halogens is 1. The molecule has 0 amide bonds. The Morgan fingerprint density at radius 1 is 1.10 bits per heavy atom. The molecule has 0 aliphatic rings. The summed E-state index contributed by atoms with van der Waals surface area (Å²) in [5.74, 6) is 0. The van der Waals surface area contributed by atoms with Crippen molar-refractivity contribution in [2.45, 2.75) is 13.0 Å². The number of aryl methyl sites for hydroxylation is 1. The number of rotatable bonds is 3. The zero-order valence-electron chi connectivity index (χ0n) is 11.8. The molecular weight excluding hydrogens is 330 g/mol. The van der Waals surface area contributed by atoms with E-state index in [1.165, 1.54) is 11.1 Å². The molecule has 1 aromatic heterocycles. The maximum atomic E-state index is 11.4. The molecule has 1 unspecified atom stereocenters. The van der Waals surface area contributed by atoms with Gasteiger partial charge >= 0.3 is 5.69 Å². The molecule has 5 heteroatoms. The Morgan fingerprint density at radius 2 is 1.86 bits per heavy atom. The molecule has 108 valence electrons. The highest BCUT2D eigenvalue weighted by molar-refractivity contribution is 9.10. The monoisotopic (exact) mass is 345 g/mol. The van der Waals surface area contributed by atoms with Crippen LogP contribution in [0.4, 0.5) is 0 Å². The predicted octanol–water partition coefficient (Wildman–Crippen LogP) is 3.24. The molecule has 3 aromatic rings. The third-order valence-corrected chi connectivity index (χ3v) is 4.32. The van der Waals surface area contributed by atoms with Gasteiger partial charge in [0, 0.05) is 4.47 Å². The first-order valence-corrected chi connectivity index (χ1v) is 7.53. The van der Waals surface area contributed by atoms with Gasteiger partial charge in [-0.2, -0.15) is 0 Å². The van der Waals surface area contributed by atoms with E-state index in [1.54, 1.807) is 0 Å². The fourth-order valence-corrected chi connectivity index (χ4v) is 3.32. The van der Waals surface area contributed by atoms with E-state index in [4.69, 9.17) is 0 Å². The van der Waals surface area contributed by atoms with Crippen molar-refractivity contribution in [3.8, 4) is 0 Å². The van der Waals surface area contributed by atoms with Gasteiger partial charge < -0.3 is 15.3 Å². The first-order chi connectivity index (χ1) is 10.1. The molecule has 21 heavy (non-hydrogen) atoms. The topological polar surface area (TPSA) is 60.7 Å². The van der Waals surface area contributed by atoms with E-state index in [2.05, 4.69) is 56.3 Å². The molecule has 4 nitrogen and oxygen atoms in total. The minimum atomic E-state index is -0.181. The van der Waals surface area contributed by atoms with Gasteiger partial charge in [-0.15, -0.1) is 0 Å². The van der Waals surface area contributed by atoms with Gasteiger partial charge in [0.05, 0.1) is 17.1 Å². The third-order valence-electron chi connectivity index (χ3n) is 3.63. The molecule has 0 bridgehead atoms. The predicted molar refractivity (Wildman–Crippen MR) is 88.7 cm³/mol. The van der Waals surface area contributed by atoms with Crippen LogP contribution in [0.2, 0.25) is 0 Å². The summed E-state index contributed by atoms with van der Waals surface area (Å²) in [5.41, 5.74) is 4.94. The van der Waals surface area contributed by atoms with Gasteiger partial charge in [0.25, 0.3) is 0 Å². The van der Waals surface area contributed by atoms with Crippen LogP contribution in [0.1, 0.15) is 22.7 Å². The van der Waals surface area contributed by atoms with Gasteiger partial charge in [0.15, 0.2) is 0 Å². The third kappa shape index (κ3) is 2.66. The number of benzene rings is 2. The van der Waals surface area contributed by atoms with E-state index in [9.17, 15) is 4.79 Å². The van der Waals surface area contributed by atoms with Gasteiger partial charge in [-0.1, -0.05) is 34.1 Å². The second-order valence-electron chi connectivity index (χ2n) is 5.13. The highest BCUT2D eigenvalue weighted by atomic mass is 79.9. The highest BCUT2D eigenvalue weighted by Gasteiger charge is 2.15. The van der Waals surface area contributed by atoms with Gasteiger partial charge in [-0.25, -0.2) is 4.79 Å². The number of hydrogen-bond donors (Lipinski definition) is 3. The fraction of sp³-hybridized carbons (Fsp3) is 0.188. The van der Waals surface area contributed by atoms with E-state index < -0.39 is 0 Å². The van der Waals surface area contributed by atoms with Crippen LogP contribution in [-0.4, -0.2) is 17.0 Å². The first-order valence-electron chi connectivity index (χ1n) is 6.74. The molecule has 3 N–H and O–H groups in total. The number of hydrogen-bond acceptors (Lipinski definition) is 2. The van der Waals surface area contributed by atoms with Crippen LogP contribution in [0.5, 0.6) is 0 Å². The van der Waals surface area contributed by atoms with E-state index in [0.29, 0.717) is 0 Å². The van der Waals surface area contributed by atoms with Crippen molar-refractivity contribution in [2.75, 3.05) is 7.05 Å². The fourth-order valence-electron chi connectivity index (χ4n) is 2.60. The van der Waals surface area contributed by atoms with Crippen molar-refractivity contribution in [3.63, 3.8) is 0 Å². The lowest BCUT2D eigenvalue weighted by Gasteiger charge is -2.19. The van der Waals surface area contributed by atoms with Crippen LogP contribution < -0.4 is 11.0 Å². The zero-order valence-corrected chi connectivity index (χ0v) is 13.4. The molecule has 1 heterocycles. The lowest BCUT2D eigenvalue weighted by molar-refractivity contribution is 0.689. The summed E-state index contributed by atoms with van der Waals surface area (Å²) in [5, 5.41) is 3.33. The molecule has 2 aromatic carbocycles. The molecule has 0 fully saturated rings. The number of H-pyrrole nitrogens is 2. The number of aromatic nitrogens is 2. The van der Waals surface area contributed by atoms with Crippen molar-refractivity contribution < 1.29 is 0 Å². The van der Waals surface area contributed by atoms with Crippen molar-refractivity contribution in [1.29, 1.82) is 0 Å². The average molecular weight is 346 g/mol. The van der Waals surface area contributed by atoms with Crippen LogP contribution >= 0.6 is 15.9 Å². The Hall–Kier alpha value is -1.85. The summed E-state index contributed by atoms with van der Waals surface area (Å²) in [6.07, 6.45) is 0. The Labute approximate surface area is 130 Å². The van der Waals surface area contributed by atoms with Gasteiger partial charge in [0.1, 0.15) is 0 Å². The molecule has 0 saturated heterocycles. The van der Waals surface area contributed by atoms with Crippen molar-refractivity contribution in [3.05, 3.63) is 68.0 Å². The number of imidazole rings is 1. The zero-order chi connectivity index (χ0) is 15.0. The van der Waals surface area contributed by atoms with E-state index in [-0.39, 0.29) is 11.7 Å². The lowest BCUT2D eigenvalue weighted by Crippen LogP contribution is -2.18. The average Bonchev–Trinajstić information content (AvgIpc) is 2.81. The molecule has 0 aliphatic heterocycles. The maximum absolute atomic E-state index is 11.4. The number of aromatic amines is 2. The molecule has 1 atom stereocenters. The van der Waals surface area contributed by atoms with Crippen LogP contribution in [0, 0.1) is 6.92 Å². The minimum absolute atomic E-state index is 0.0581. The summed E-state index contributed by atoms with van der Waals surface area (Å²) < 4.78 is 1.07. The van der Waals surface area contributed by atoms with Gasteiger partial charge in [-0.3, -0.25) is 0 Å². The summed E-state index contributed by atoms with van der Waals surface area (Å²) in [6, 6.07) is 12.3. The summed E-state index contributed by atoms with van der Waals surface area (Å²) in [6.45, 7) is 2.07. The number of fused-ring (bicyclic) bond motifs is 1. The Balaban J connectivity index is 2.10. The Kier molecular flexibility index (Phi) is 3.69. The maximum Gasteiger partial charge on any atom is 0.323 e. The Morgan fingerprint density at radius 3 is 2.57 bits per heavy atom. The van der Waals surface area contributed by atoms with E-state index in [1.807, 2.05) is 25.2 Å². The molecule has 0 aliphatic carbocycles. The lowest BCUT2D eigenvalue weighted by atomic mass is 9.97. The van der Waals surface area contributed by atoms with Crippen molar-refractivity contribution in [2.24, 2.45) is 0 Å².